The van der Waals surface area contributed by atoms with Crippen molar-refractivity contribution in [2.75, 3.05) is 0 Å². The summed E-state index contributed by atoms with van der Waals surface area (Å²) in [6.07, 6.45) is 0. The van der Waals surface area contributed by atoms with Gasteiger partial charge in [-0.25, -0.2) is 0 Å². The number of hydrogen-bond acceptors (Lipinski definition) is 3. The van der Waals surface area contributed by atoms with Crippen LogP contribution in [0.3, 0.4) is 0 Å². The van der Waals surface area contributed by atoms with Gasteiger partial charge in [-0.05, 0) is 18.2 Å². The summed E-state index contributed by atoms with van der Waals surface area (Å²) >= 11 is 1.56. The Labute approximate surface area is 120 Å². The Morgan fingerprint density at radius 3 is 2.45 bits per heavy atom. The first-order valence-corrected chi connectivity index (χ1v) is 7.40. The van der Waals surface area contributed by atoms with Crippen molar-refractivity contribution in [1.29, 1.82) is 0 Å². The van der Waals surface area contributed by atoms with Gasteiger partial charge in [-0.15, -0.1) is 11.3 Å². The lowest BCUT2D eigenvalue weighted by atomic mass is 9.97. The van der Waals surface area contributed by atoms with E-state index in [-0.39, 0.29) is 17.1 Å². The summed E-state index contributed by atoms with van der Waals surface area (Å²) in [7, 11) is 0. The highest BCUT2D eigenvalue weighted by atomic mass is 32.1. The van der Waals surface area contributed by atoms with E-state index in [4.69, 9.17) is 0 Å². The molecule has 0 radical (unpaired) electrons. The molecule has 0 unspecified atom stereocenters. The van der Waals surface area contributed by atoms with Crippen LogP contribution in [0, 0.1) is 5.92 Å². The summed E-state index contributed by atoms with van der Waals surface area (Å²) in [5.41, 5.74) is 0.503. The Morgan fingerprint density at radius 2 is 1.70 bits per heavy atom. The van der Waals surface area contributed by atoms with E-state index in [1.54, 1.807) is 17.4 Å². The van der Waals surface area contributed by atoms with Gasteiger partial charge in [0.25, 0.3) is 0 Å². The quantitative estimate of drug-likeness (QED) is 0.520. The van der Waals surface area contributed by atoms with Crippen molar-refractivity contribution in [1.82, 2.24) is 0 Å². The minimum absolute atomic E-state index is 0.0233. The van der Waals surface area contributed by atoms with Gasteiger partial charge < -0.3 is 0 Å². The van der Waals surface area contributed by atoms with Crippen molar-refractivity contribution in [3.63, 3.8) is 0 Å². The standard InChI is InChI=1S/C17H14O2S/c1-10(2)16(18)12-7-5-9-14-15(12)17(19)11-6-3-4-8-13(11)20-14/h3-10H,1-2H3. The fourth-order valence-corrected chi connectivity index (χ4v) is 3.47. The molecular weight excluding hydrogens is 268 g/mol. The molecular formula is C17H14O2S. The third kappa shape index (κ3) is 1.95. The molecule has 100 valence electrons. The molecule has 0 aliphatic rings. The van der Waals surface area contributed by atoms with Crippen LogP contribution in [0.4, 0.5) is 0 Å². The molecule has 3 heteroatoms. The number of fused-ring (bicyclic) bond motifs is 2. The largest absolute Gasteiger partial charge is 0.294 e. The zero-order valence-corrected chi connectivity index (χ0v) is 12.2. The minimum Gasteiger partial charge on any atom is -0.294 e. The van der Waals surface area contributed by atoms with E-state index < -0.39 is 0 Å². The number of carbonyl (C=O) groups excluding carboxylic acids is 1. The maximum atomic E-state index is 12.7. The van der Waals surface area contributed by atoms with Gasteiger partial charge >= 0.3 is 0 Å². The molecule has 0 fully saturated rings. The van der Waals surface area contributed by atoms with Crippen LogP contribution in [0.1, 0.15) is 24.2 Å². The fourth-order valence-electron chi connectivity index (χ4n) is 2.36. The van der Waals surface area contributed by atoms with Crippen molar-refractivity contribution >= 4 is 37.3 Å². The second-order valence-corrected chi connectivity index (χ2v) is 6.21. The van der Waals surface area contributed by atoms with Crippen molar-refractivity contribution in [3.05, 3.63) is 58.3 Å². The van der Waals surface area contributed by atoms with E-state index in [0.717, 1.165) is 9.40 Å². The van der Waals surface area contributed by atoms with Crippen LogP contribution in [-0.4, -0.2) is 5.78 Å². The lowest BCUT2D eigenvalue weighted by molar-refractivity contribution is 0.0941. The van der Waals surface area contributed by atoms with Crippen LogP contribution < -0.4 is 5.43 Å². The zero-order valence-electron chi connectivity index (χ0n) is 11.3. The van der Waals surface area contributed by atoms with Gasteiger partial charge in [0, 0.05) is 26.3 Å². The first-order chi connectivity index (χ1) is 9.59. The van der Waals surface area contributed by atoms with Gasteiger partial charge in [0.05, 0.1) is 5.39 Å². The molecule has 0 bridgehead atoms. The molecule has 20 heavy (non-hydrogen) atoms. The highest BCUT2D eigenvalue weighted by molar-refractivity contribution is 7.24. The smallest absolute Gasteiger partial charge is 0.196 e. The summed E-state index contributed by atoms with van der Waals surface area (Å²) < 4.78 is 1.83. The van der Waals surface area contributed by atoms with Gasteiger partial charge in [0.15, 0.2) is 11.2 Å². The average molecular weight is 282 g/mol. The lowest BCUT2D eigenvalue weighted by Crippen LogP contribution is -2.12. The van der Waals surface area contributed by atoms with Gasteiger partial charge in [0.2, 0.25) is 0 Å². The molecule has 1 aromatic heterocycles. The Bertz CT molecular complexity index is 875. The van der Waals surface area contributed by atoms with Gasteiger partial charge in [-0.2, -0.15) is 0 Å². The number of hydrogen-bond donors (Lipinski definition) is 0. The van der Waals surface area contributed by atoms with Crippen LogP contribution in [0.2, 0.25) is 0 Å². The molecule has 3 rings (SSSR count). The Hall–Kier alpha value is -2.00. The number of carbonyl (C=O) groups is 1. The number of Topliss-reactive ketones (excluding diaryl/α,β-unsaturated/α-hetero) is 1. The molecule has 0 N–H and O–H groups in total. The van der Waals surface area contributed by atoms with Gasteiger partial charge in [-0.1, -0.05) is 38.1 Å². The Balaban J connectivity index is 2.48. The van der Waals surface area contributed by atoms with Crippen molar-refractivity contribution in [2.24, 2.45) is 5.92 Å². The molecule has 0 amide bonds. The maximum absolute atomic E-state index is 12.7. The van der Waals surface area contributed by atoms with E-state index in [2.05, 4.69) is 0 Å². The second-order valence-electron chi connectivity index (χ2n) is 5.13. The van der Waals surface area contributed by atoms with Crippen LogP contribution in [0.25, 0.3) is 20.2 Å². The molecule has 0 atom stereocenters. The van der Waals surface area contributed by atoms with E-state index >= 15 is 0 Å². The monoisotopic (exact) mass is 282 g/mol. The molecule has 1 heterocycles. The molecule has 0 aliphatic carbocycles. The van der Waals surface area contributed by atoms with E-state index in [9.17, 15) is 9.59 Å². The topological polar surface area (TPSA) is 34.1 Å². The molecule has 0 saturated carbocycles. The predicted octanol–water partition coefficient (Wildman–Crippen LogP) is 4.25. The van der Waals surface area contributed by atoms with Gasteiger partial charge in [0.1, 0.15) is 0 Å². The lowest BCUT2D eigenvalue weighted by Gasteiger charge is -2.08. The highest BCUT2D eigenvalue weighted by Crippen LogP contribution is 2.27. The normalized spacial score (nSPS) is 11.3. The zero-order chi connectivity index (χ0) is 14.3. The summed E-state index contributed by atoms with van der Waals surface area (Å²) in [6.45, 7) is 3.71. The Kier molecular flexibility index (Phi) is 3.14. The SMILES string of the molecule is CC(C)C(=O)c1cccc2sc3ccccc3c(=O)c12. The molecule has 0 spiro atoms. The summed E-state index contributed by atoms with van der Waals surface area (Å²) in [5, 5.41) is 1.25. The van der Waals surface area contributed by atoms with Crippen LogP contribution >= 0.6 is 11.3 Å². The summed E-state index contributed by atoms with van der Waals surface area (Å²) in [6, 6.07) is 13.1. The highest BCUT2D eigenvalue weighted by Gasteiger charge is 2.17. The van der Waals surface area contributed by atoms with Crippen molar-refractivity contribution in [2.45, 2.75) is 13.8 Å². The molecule has 0 aliphatic heterocycles. The van der Waals surface area contributed by atoms with Crippen molar-refractivity contribution in [3.8, 4) is 0 Å². The van der Waals surface area contributed by atoms with Crippen molar-refractivity contribution < 1.29 is 4.79 Å². The summed E-state index contributed by atoms with van der Waals surface area (Å²) in [5.74, 6) is -0.0911. The van der Waals surface area contributed by atoms with Crippen LogP contribution in [0.15, 0.2) is 47.3 Å². The molecule has 0 saturated heterocycles. The number of benzene rings is 2. The van der Waals surface area contributed by atoms with Crippen LogP contribution in [-0.2, 0) is 0 Å². The van der Waals surface area contributed by atoms with Crippen LogP contribution in [0.5, 0.6) is 0 Å². The van der Waals surface area contributed by atoms with E-state index in [1.807, 2.05) is 50.2 Å². The minimum atomic E-state index is -0.114. The summed E-state index contributed by atoms with van der Waals surface area (Å²) in [4.78, 5) is 25.0. The second kappa shape index (κ2) is 4.84. The first-order valence-electron chi connectivity index (χ1n) is 6.58. The molecule has 2 nitrogen and oxygen atoms in total. The molecule has 3 aromatic rings. The predicted molar refractivity (Wildman–Crippen MR) is 84.8 cm³/mol. The third-order valence-electron chi connectivity index (χ3n) is 3.39. The average Bonchev–Trinajstić information content (AvgIpc) is 2.46. The van der Waals surface area contributed by atoms with E-state index in [0.29, 0.717) is 16.3 Å². The van der Waals surface area contributed by atoms with Gasteiger partial charge in [-0.3, -0.25) is 9.59 Å². The maximum Gasteiger partial charge on any atom is 0.196 e. The van der Waals surface area contributed by atoms with E-state index in [1.165, 1.54) is 0 Å². The molecule has 2 aromatic carbocycles. The number of ketones is 1. The number of rotatable bonds is 2. The Morgan fingerprint density at radius 1 is 1.00 bits per heavy atom. The third-order valence-corrected chi connectivity index (χ3v) is 4.53. The fraction of sp³-hybridized carbons (Fsp3) is 0.176. The first kappa shape index (κ1) is 13.0.